The SMILES string of the molecule is O=C1Nc2ccccc2C1C=Nc1cccc(Br)c1. The van der Waals surface area contributed by atoms with Gasteiger partial charge in [0, 0.05) is 16.4 Å². The van der Waals surface area contributed by atoms with Crippen LogP contribution in [0.1, 0.15) is 11.5 Å². The molecule has 3 rings (SSSR count). The zero-order valence-electron chi connectivity index (χ0n) is 10.0. The highest BCUT2D eigenvalue weighted by atomic mass is 79.9. The lowest BCUT2D eigenvalue weighted by atomic mass is 10.0. The fraction of sp³-hybridized carbons (Fsp3) is 0.0667. The van der Waals surface area contributed by atoms with Crippen molar-refractivity contribution in [2.24, 2.45) is 4.99 Å². The molecule has 1 aliphatic rings. The Morgan fingerprint density at radius 2 is 2.00 bits per heavy atom. The number of halogens is 1. The van der Waals surface area contributed by atoms with E-state index in [2.05, 4.69) is 26.2 Å². The van der Waals surface area contributed by atoms with Crippen LogP contribution in [0.15, 0.2) is 58.0 Å². The van der Waals surface area contributed by atoms with E-state index in [1.165, 1.54) is 0 Å². The second-order valence-corrected chi connectivity index (χ2v) is 5.23. The standard InChI is InChI=1S/C15H11BrN2O/c16-10-4-3-5-11(8-10)17-9-13-12-6-1-2-7-14(12)18-15(13)19/h1-9,13H,(H,18,19). The van der Waals surface area contributed by atoms with Crippen molar-refractivity contribution < 1.29 is 4.79 Å². The van der Waals surface area contributed by atoms with Gasteiger partial charge in [-0.15, -0.1) is 0 Å². The van der Waals surface area contributed by atoms with Gasteiger partial charge in [-0.1, -0.05) is 40.2 Å². The van der Waals surface area contributed by atoms with E-state index in [1.54, 1.807) is 6.21 Å². The van der Waals surface area contributed by atoms with E-state index in [9.17, 15) is 4.79 Å². The number of carbonyl (C=O) groups is 1. The van der Waals surface area contributed by atoms with E-state index in [0.717, 1.165) is 21.4 Å². The Balaban J connectivity index is 1.90. The molecule has 3 nitrogen and oxygen atoms in total. The number of nitrogens with one attached hydrogen (secondary N) is 1. The van der Waals surface area contributed by atoms with Gasteiger partial charge in [-0.05, 0) is 29.8 Å². The summed E-state index contributed by atoms with van der Waals surface area (Å²) in [6.07, 6.45) is 1.70. The van der Waals surface area contributed by atoms with Crippen LogP contribution in [0.3, 0.4) is 0 Å². The molecule has 0 spiro atoms. The molecule has 0 radical (unpaired) electrons. The fourth-order valence-corrected chi connectivity index (χ4v) is 2.49. The Morgan fingerprint density at radius 1 is 1.16 bits per heavy atom. The summed E-state index contributed by atoms with van der Waals surface area (Å²) < 4.78 is 0.971. The minimum absolute atomic E-state index is 0.0278. The molecule has 2 aromatic carbocycles. The van der Waals surface area contributed by atoms with Crippen LogP contribution in [-0.4, -0.2) is 12.1 Å². The summed E-state index contributed by atoms with van der Waals surface area (Å²) in [5.41, 5.74) is 2.68. The topological polar surface area (TPSA) is 41.5 Å². The van der Waals surface area contributed by atoms with Gasteiger partial charge in [0.05, 0.1) is 5.69 Å². The first-order valence-electron chi connectivity index (χ1n) is 5.93. The van der Waals surface area contributed by atoms with E-state index in [-0.39, 0.29) is 11.8 Å². The van der Waals surface area contributed by atoms with Crippen LogP contribution >= 0.6 is 15.9 Å². The Bertz CT molecular complexity index is 667. The highest BCUT2D eigenvalue weighted by Gasteiger charge is 2.28. The van der Waals surface area contributed by atoms with Crippen molar-refractivity contribution in [3.8, 4) is 0 Å². The Hall–Kier alpha value is -1.94. The molecule has 0 saturated heterocycles. The molecule has 94 valence electrons. The van der Waals surface area contributed by atoms with Crippen LogP contribution < -0.4 is 5.32 Å². The van der Waals surface area contributed by atoms with Gasteiger partial charge in [-0.3, -0.25) is 9.79 Å². The van der Waals surface area contributed by atoms with Gasteiger partial charge >= 0.3 is 0 Å². The predicted octanol–water partition coefficient (Wildman–Crippen LogP) is 3.89. The normalized spacial score (nSPS) is 17.5. The first-order chi connectivity index (χ1) is 9.24. The molecular weight excluding hydrogens is 304 g/mol. The molecular formula is C15H11BrN2O. The van der Waals surface area contributed by atoms with E-state index >= 15 is 0 Å². The first kappa shape index (κ1) is 12.1. The molecule has 1 aliphatic heterocycles. The minimum Gasteiger partial charge on any atom is -0.325 e. The van der Waals surface area contributed by atoms with Crippen molar-refractivity contribution in [3.05, 3.63) is 58.6 Å². The fourth-order valence-electron chi connectivity index (χ4n) is 2.10. The van der Waals surface area contributed by atoms with Gasteiger partial charge in [0.25, 0.3) is 0 Å². The molecule has 1 atom stereocenters. The van der Waals surface area contributed by atoms with E-state index in [4.69, 9.17) is 0 Å². The molecule has 0 bridgehead atoms. The van der Waals surface area contributed by atoms with E-state index in [1.807, 2.05) is 48.5 Å². The van der Waals surface area contributed by atoms with Crippen molar-refractivity contribution in [2.45, 2.75) is 5.92 Å². The number of nitrogens with zero attached hydrogens (tertiary/aromatic N) is 1. The third kappa shape index (κ3) is 2.44. The second-order valence-electron chi connectivity index (χ2n) is 4.31. The Labute approximate surface area is 119 Å². The van der Waals surface area contributed by atoms with Crippen molar-refractivity contribution in [3.63, 3.8) is 0 Å². The Kier molecular flexibility index (Phi) is 3.17. The molecule has 4 heteroatoms. The number of para-hydroxylation sites is 1. The minimum atomic E-state index is -0.310. The van der Waals surface area contributed by atoms with Gasteiger partial charge in [0.1, 0.15) is 5.92 Å². The zero-order valence-corrected chi connectivity index (χ0v) is 11.6. The number of anilines is 1. The number of fused-ring (bicyclic) bond motifs is 1. The maximum Gasteiger partial charge on any atom is 0.237 e. The average Bonchev–Trinajstić information content (AvgIpc) is 2.72. The van der Waals surface area contributed by atoms with Crippen molar-refractivity contribution >= 4 is 39.4 Å². The monoisotopic (exact) mass is 314 g/mol. The van der Waals surface area contributed by atoms with E-state index in [0.29, 0.717) is 0 Å². The molecule has 1 amide bonds. The quantitative estimate of drug-likeness (QED) is 0.839. The lowest BCUT2D eigenvalue weighted by molar-refractivity contribution is -0.115. The lowest BCUT2D eigenvalue weighted by Crippen LogP contribution is -2.12. The maximum atomic E-state index is 11.9. The molecule has 1 unspecified atom stereocenters. The number of hydrogen-bond donors (Lipinski definition) is 1. The molecule has 1 N–H and O–H groups in total. The second kappa shape index (κ2) is 4.97. The molecule has 19 heavy (non-hydrogen) atoms. The summed E-state index contributed by atoms with van der Waals surface area (Å²) in [4.78, 5) is 16.3. The van der Waals surface area contributed by atoms with Gasteiger partial charge in [0.15, 0.2) is 0 Å². The number of aliphatic imine (C=N–C) groups is 1. The molecule has 0 aromatic heterocycles. The largest absolute Gasteiger partial charge is 0.325 e. The van der Waals surface area contributed by atoms with Crippen LogP contribution in [0, 0.1) is 0 Å². The predicted molar refractivity (Wildman–Crippen MR) is 80.1 cm³/mol. The number of rotatable bonds is 2. The highest BCUT2D eigenvalue weighted by molar-refractivity contribution is 9.10. The number of hydrogen-bond acceptors (Lipinski definition) is 2. The van der Waals surface area contributed by atoms with Crippen molar-refractivity contribution in [1.82, 2.24) is 0 Å². The van der Waals surface area contributed by atoms with Gasteiger partial charge in [-0.2, -0.15) is 0 Å². The Morgan fingerprint density at radius 3 is 2.84 bits per heavy atom. The maximum absolute atomic E-state index is 11.9. The number of amides is 1. The summed E-state index contributed by atoms with van der Waals surface area (Å²) in [6, 6.07) is 15.4. The van der Waals surface area contributed by atoms with Crippen molar-refractivity contribution in [1.29, 1.82) is 0 Å². The summed E-state index contributed by atoms with van der Waals surface area (Å²) in [5.74, 6) is -0.338. The molecule has 1 heterocycles. The molecule has 0 saturated carbocycles. The van der Waals surface area contributed by atoms with Gasteiger partial charge < -0.3 is 5.32 Å². The van der Waals surface area contributed by atoms with Crippen LogP contribution in [0.5, 0.6) is 0 Å². The van der Waals surface area contributed by atoms with Gasteiger partial charge in [0.2, 0.25) is 5.91 Å². The first-order valence-corrected chi connectivity index (χ1v) is 6.73. The molecule has 0 aliphatic carbocycles. The van der Waals surface area contributed by atoms with Crippen molar-refractivity contribution in [2.75, 3.05) is 5.32 Å². The average molecular weight is 315 g/mol. The molecule has 2 aromatic rings. The van der Waals surface area contributed by atoms with E-state index < -0.39 is 0 Å². The molecule has 0 fully saturated rings. The third-order valence-electron chi connectivity index (χ3n) is 3.02. The summed E-state index contributed by atoms with van der Waals surface area (Å²) in [5, 5.41) is 2.86. The third-order valence-corrected chi connectivity index (χ3v) is 3.51. The van der Waals surface area contributed by atoms with Gasteiger partial charge in [-0.25, -0.2) is 0 Å². The zero-order chi connectivity index (χ0) is 13.2. The van der Waals surface area contributed by atoms with Crippen LogP contribution in [0.2, 0.25) is 0 Å². The van der Waals surface area contributed by atoms with Crippen LogP contribution in [0.4, 0.5) is 11.4 Å². The number of carbonyl (C=O) groups excluding carboxylic acids is 1. The highest BCUT2D eigenvalue weighted by Crippen LogP contribution is 2.31. The smallest absolute Gasteiger partial charge is 0.237 e. The summed E-state index contributed by atoms with van der Waals surface area (Å²) >= 11 is 3.40. The summed E-state index contributed by atoms with van der Waals surface area (Å²) in [6.45, 7) is 0. The number of benzene rings is 2. The van der Waals surface area contributed by atoms with Crippen LogP contribution in [-0.2, 0) is 4.79 Å². The summed E-state index contributed by atoms with van der Waals surface area (Å²) in [7, 11) is 0. The lowest BCUT2D eigenvalue weighted by Gasteiger charge is -2.01. The van der Waals surface area contributed by atoms with Crippen LogP contribution in [0.25, 0.3) is 0 Å².